The van der Waals surface area contributed by atoms with Crippen molar-refractivity contribution in [2.45, 2.75) is 37.5 Å². The molecule has 1 aliphatic heterocycles. The van der Waals surface area contributed by atoms with Gasteiger partial charge in [0, 0.05) is 40.9 Å². The Morgan fingerprint density at radius 1 is 1.04 bits per heavy atom. The Balaban J connectivity index is 1.56. The van der Waals surface area contributed by atoms with Crippen molar-refractivity contribution in [3.05, 3.63) is 140 Å². The number of methoxy groups -OCH3 is 1. The van der Waals surface area contributed by atoms with Gasteiger partial charge in [-0.1, -0.05) is 75.6 Å². The van der Waals surface area contributed by atoms with Crippen LogP contribution in [0.2, 0.25) is 0 Å². The molecule has 0 bridgehead atoms. The Hall–Kier alpha value is -4.83. The topological polar surface area (TPSA) is 138 Å². The predicted molar refractivity (Wildman–Crippen MR) is 184 cm³/mol. The molecule has 0 saturated heterocycles. The summed E-state index contributed by atoms with van der Waals surface area (Å²) >= 11 is 3.67. The van der Waals surface area contributed by atoms with Gasteiger partial charge in [0.15, 0.2) is 11.6 Å². The van der Waals surface area contributed by atoms with Gasteiger partial charge >= 0.3 is 0 Å². The Morgan fingerprint density at radius 3 is 2.55 bits per heavy atom. The zero-order valence-corrected chi connectivity index (χ0v) is 27.6. The minimum absolute atomic E-state index is 0.0481. The number of hydrogen-bond acceptors (Lipinski definition) is 7. The van der Waals surface area contributed by atoms with E-state index in [4.69, 9.17) is 29.8 Å². The summed E-state index contributed by atoms with van der Waals surface area (Å²) in [5.74, 6) is 1.41. The third-order valence-electron chi connectivity index (χ3n) is 7.92. The van der Waals surface area contributed by atoms with Crippen molar-refractivity contribution in [2.75, 3.05) is 26.9 Å². The van der Waals surface area contributed by atoms with E-state index in [0.717, 1.165) is 26.9 Å². The first-order valence-electron chi connectivity index (χ1n) is 15.3. The van der Waals surface area contributed by atoms with Crippen LogP contribution in [0.4, 0.5) is 0 Å². The van der Waals surface area contributed by atoms with Crippen LogP contribution in [0.5, 0.6) is 11.5 Å². The highest BCUT2D eigenvalue weighted by Crippen LogP contribution is 2.44. The van der Waals surface area contributed by atoms with Crippen LogP contribution < -0.4 is 14.8 Å². The second-order valence-corrected chi connectivity index (χ2v) is 11.9. The Labute approximate surface area is 282 Å². The van der Waals surface area contributed by atoms with Gasteiger partial charge in [-0.25, -0.2) is 4.99 Å². The molecule has 0 saturated carbocycles. The molecule has 10 nitrogen and oxygen atoms in total. The molecule has 1 amide bonds. The molecule has 242 valence electrons. The predicted octanol–water partition coefficient (Wildman–Crippen LogP) is 6.89. The normalized spacial score (nSPS) is 16.8. The van der Waals surface area contributed by atoms with Crippen molar-refractivity contribution < 1.29 is 24.1 Å². The number of nitrogens with zero attached hydrogens (tertiary/aromatic N) is 4. The maximum absolute atomic E-state index is 14.6. The number of aliphatic hydroxyl groups excluding tert-OH is 1. The molecule has 0 fully saturated rings. The lowest BCUT2D eigenvalue weighted by molar-refractivity contribution is -0.128. The molecule has 0 spiro atoms. The van der Waals surface area contributed by atoms with Crippen LogP contribution in [0, 0.1) is 0 Å². The number of carbonyl (C=O) groups excluding carboxylic acids is 1. The fraction of sp³-hybridized carbons (Fsp3) is 0.278. The first kappa shape index (κ1) is 33.5. The molecular weight excluding hydrogens is 662 g/mol. The molecule has 47 heavy (non-hydrogen) atoms. The number of aliphatic imine (C=N–C) groups is 1. The van der Waals surface area contributed by atoms with Gasteiger partial charge in [-0.2, -0.15) is 0 Å². The van der Waals surface area contributed by atoms with Crippen LogP contribution in [0.1, 0.15) is 40.3 Å². The highest BCUT2D eigenvalue weighted by molar-refractivity contribution is 9.10. The molecule has 0 unspecified atom stereocenters. The van der Waals surface area contributed by atoms with Gasteiger partial charge in [-0.15, -0.1) is 0 Å². The minimum Gasteiger partial charge on any atom is -0.497 e. The highest BCUT2D eigenvalue weighted by Gasteiger charge is 2.54. The van der Waals surface area contributed by atoms with Crippen molar-refractivity contribution >= 4 is 27.7 Å². The smallest absolute Gasteiger partial charge is 0.252 e. The summed E-state index contributed by atoms with van der Waals surface area (Å²) in [6, 6.07) is 30.3. The van der Waals surface area contributed by atoms with Crippen molar-refractivity contribution in [3.8, 4) is 11.5 Å². The molecule has 0 aromatic heterocycles. The van der Waals surface area contributed by atoms with Gasteiger partial charge in [-0.05, 0) is 76.7 Å². The average Bonchev–Trinajstić information content (AvgIpc) is 3.49. The lowest BCUT2D eigenvalue weighted by atomic mass is 9.80. The summed E-state index contributed by atoms with van der Waals surface area (Å²) in [6.45, 7) is 0.890. The number of aliphatic hydroxyl groups is 1. The fourth-order valence-corrected chi connectivity index (χ4v) is 5.96. The lowest BCUT2D eigenvalue weighted by Crippen LogP contribution is -2.50. The van der Waals surface area contributed by atoms with Gasteiger partial charge in [0.1, 0.15) is 11.5 Å². The fourth-order valence-electron chi connectivity index (χ4n) is 5.53. The van der Waals surface area contributed by atoms with Crippen molar-refractivity contribution in [2.24, 2.45) is 10.1 Å². The van der Waals surface area contributed by atoms with Gasteiger partial charge in [0.05, 0.1) is 20.3 Å². The third-order valence-corrected chi connectivity index (χ3v) is 8.70. The SMILES string of the molecule is COc1cccc(CCNC(=O)[C@]2(Cc3ccccc3Br)N=C(c3ccc(OCCCO)cc3)O[C@@H]2c2ccccc2CN=[N+]=[N-])c1. The van der Waals surface area contributed by atoms with E-state index in [1.54, 1.807) is 7.11 Å². The van der Waals surface area contributed by atoms with Crippen LogP contribution in [-0.2, 0) is 28.9 Å². The second kappa shape index (κ2) is 16.1. The number of amides is 1. The number of nitrogens with one attached hydrogen (secondary N) is 1. The zero-order valence-electron chi connectivity index (χ0n) is 26.0. The summed E-state index contributed by atoms with van der Waals surface area (Å²) in [5.41, 5.74) is 11.7. The molecule has 11 heteroatoms. The van der Waals surface area contributed by atoms with Gasteiger partial charge < -0.3 is 24.6 Å². The summed E-state index contributed by atoms with van der Waals surface area (Å²) in [5, 5.41) is 16.1. The summed E-state index contributed by atoms with van der Waals surface area (Å²) in [4.78, 5) is 22.7. The maximum Gasteiger partial charge on any atom is 0.252 e. The lowest BCUT2D eigenvalue weighted by Gasteiger charge is -2.32. The monoisotopic (exact) mass is 697 g/mol. The molecule has 2 N–H and O–H groups in total. The van der Waals surface area contributed by atoms with E-state index < -0.39 is 11.6 Å². The number of hydrogen-bond donors (Lipinski definition) is 2. The van der Waals surface area contributed by atoms with Crippen LogP contribution in [0.3, 0.4) is 0 Å². The number of halogens is 1. The van der Waals surface area contributed by atoms with Crippen molar-refractivity contribution in [3.63, 3.8) is 0 Å². The summed E-state index contributed by atoms with van der Waals surface area (Å²) in [6.07, 6.45) is 0.499. The van der Waals surface area contributed by atoms with Crippen LogP contribution in [0.25, 0.3) is 10.4 Å². The second-order valence-electron chi connectivity index (χ2n) is 11.0. The van der Waals surface area contributed by atoms with Gasteiger partial charge in [0.2, 0.25) is 5.90 Å². The number of ether oxygens (including phenoxy) is 3. The summed E-state index contributed by atoms with van der Waals surface area (Å²) in [7, 11) is 1.62. The molecule has 4 aromatic rings. The molecule has 1 heterocycles. The van der Waals surface area contributed by atoms with E-state index in [-0.39, 0.29) is 25.5 Å². The maximum atomic E-state index is 14.6. The van der Waals surface area contributed by atoms with Crippen LogP contribution >= 0.6 is 15.9 Å². The Bertz CT molecular complexity index is 1760. The highest BCUT2D eigenvalue weighted by atomic mass is 79.9. The molecule has 5 rings (SSSR count). The van der Waals surface area contributed by atoms with Crippen molar-refractivity contribution in [1.82, 2.24) is 5.32 Å². The first-order chi connectivity index (χ1) is 23.0. The standard InChI is InChI=1S/C36H36BrN5O5/c1-45-30-11-6-8-25(22-30)18-19-39-35(44)36(23-27-9-3-5-13-32(27)37)33(31-12-4-2-10-28(31)24-40-42-38)47-34(41-36)26-14-16-29(17-15-26)46-21-7-20-43/h2-6,8-17,22,33,43H,7,18-21,23-24H2,1H3,(H,39,44)/t33-,36-/m1/s1. The van der Waals surface area contributed by atoms with E-state index in [0.29, 0.717) is 48.8 Å². The zero-order chi connectivity index (χ0) is 33.1. The van der Waals surface area contributed by atoms with Crippen molar-refractivity contribution in [1.29, 1.82) is 0 Å². The number of rotatable bonds is 15. The molecule has 4 aromatic carbocycles. The molecule has 1 aliphatic rings. The number of azide groups is 1. The minimum atomic E-state index is -1.42. The van der Waals surface area contributed by atoms with Gasteiger partial charge in [0.25, 0.3) is 5.91 Å². The molecule has 0 radical (unpaired) electrons. The largest absolute Gasteiger partial charge is 0.497 e. The number of benzene rings is 4. The Morgan fingerprint density at radius 2 is 1.81 bits per heavy atom. The quantitative estimate of drug-likeness (QED) is 0.0603. The van der Waals surface area contributed by atoms with E-state index in [1.807, 2.05) is 97.1 Å². The van der Waals surface area contributed by atoms with Crippen LogP contribution in [0.15, 0.2) is 112 Å². The Kier molecular flexibility index (Phi) is 11.5. The molecule has 2 atom stereocenters. The van der Waals surface area contributed by atoms with E-state index in [1.165, 1.54) is 0 Å². The van der Waals surface area contributed by atoms with Crippen LogP contribution in [-0.4, -0.2) is 49.3 Å². The van der Waals surface area contributed by atoms with E-state index in [9.17, 15) is 4.79 Å². The van der Waals surface area contributed by atoms with Gasteiger partial charge in [-0.3, -0.25) is 4.79 Å². The summed E-state index contributed by atoms with van der Waals surface area (Å²) < 4.78 is 18.6. The first-order valence-corrected chi connectivity index (χ1v) is 16.1. The molecular formula is C36H36BrN5O5. The van der Waals surface area contributed by atoms with E-state index >= 15 is 0 Å². The number of carbonyl (C=O) groups is 1. The average molecular weight is 699 g/mol. The third kappa shape index (κ3) is 8.13. The van der Waals surface area contributed by atoms with E-state index in [2.05, 4.69) is 31.3 Å². The molecule has 0 aliphatic carbocycles.